The molecule has 0 amide bonds. The normalized spacial score (nSPS) is 16.1. The van der Waals surface area contributed by atoms with Crippen LogP contribution in [0.25, 0.3) is 17.1 Å². The Morgan fingerprint density at radius 1 is 1.09 bits per heavy atom. The highest BCUT2D eigenvalue weighted by atomic mass is 35.5. The number of rotatable bonds is 6. The smallest absolute Gasteiger partial charge is 0.337 e. The summed E-state index contributed by atoms with van der Waals surface area (Å²) in [5.74, 6) is -1.19. The summed E-state index contributed by atoms with van der Waals surface area (Å²) < 4.78 is 63.3. The molecule has 0 aliphatic carbocycles. The Labute approximate surface area is 264 Å². The predicted molar refractivity (Wildman–Crippen MR) is 163 cm³/mol. The van der Waals surface area contributed by atoms with Gasteiger partial charge in [-0.2, -0.15) is 4.31 Å². The Bertz CT molecular complexity index is 1860. The van der Waals surface area contributed by atoms with Gasteiger partial charge in [0.1, 0.15) is 23.1 Å². The highest BCUT2D eigenvalue weighted by Crippen LogP contribution is 2.34. The van der Waals surface area contributed by atoms with E-state index in [-0.39, 0.29) is 19.7 Å². The third kappa shape index (κ3) is 6.40. The van der Waals surface area contributed by atoms with Crippen LogP contribution in [0.1, 0.15) is 21.5 Å². The van der Waals surface area contributed by atoms with Crippen LogP contribution in [0.4, 0.5) is 4.39 Å². The van der Waals surface area contributed by atoms with Crippen molar-refractivity contribution < 1.29 is 36.9 Å². The lowest BCUT2D eigenvalue weighted by Gasteiger charge is -2.27. The Morgan fingerprint density at radius 3 is 2.64 bits per heavy atom. The number of nitrogens with zero attached hydrogens (tertiary/aromatic N) is 4. The zero-order chi connectivity index (χ0) is 31.7. The van der Waals surface area contributed by atoms with Gasteiger partial charge in [-0.3, -0.25) is 9.47 Å². The summed E-state index contributed by atoms with van der Waals surface area (Å²) in [6.45, 7) is 2.89. The van der Waals surface area contributed by atoms with Crippen molar-refractivity contribution in [1.29, 1.82) is 0 Å². The van der Waals surface area contributed by atoms with Gasteiger partial charge >= 0.3 is 5.97 Å². The fourth-order valence-electron chi connectivity index (χ4n) is 5.51. The van der Waals surface area contributed by atoms with Gasteiger partial charge in [0.15, 0.2) is 11.5 Å². The van der Waals surface area contributed by atoms with Gasteiger partial charge in [0.05, 0.1) is 30.9 Å². The second-order valence-corrected chi connectivity index (χ2v) is 13.0. The van der Waals surface area contributed by atoms with E-state index in [4.69, 9.17) is 25.8 Å². The number of ether oxygens (including phenoxy) is 3. The average Bonchev–Trinajstić information content (AvgIpc) is 3.50. The molecule has 6 rings (SSSR count). The molecule has 1 N–H and O–H groups in total. The molecule has 14 heteroatoms. The number of imidazole rings is 1. The van der Waals surface area contributed by atoms with Crippen LogP contribution in [-0.2, 0) is 27.8 Å². The van der Waals surface area contributed by atoms with E-state index >= 15 is 4.39 Å². The molecule has 2 aliphatic heterocycles. The van der Waals surface area contributed by atoms with E-state index in [0.717, 1.165) is 40.3 Å². The average molecular weight is 657 g/mol. The largest absolute Gasteiger partial charge is 0.493 e. The zero-order valence-corrected chi connectivity index (χ0v) is 25.9. The molecular weight excluding hydrogens is 627 g/mol. The number of sulfonamides is 1. The van der Waals surface area contributed by atoms with Gasteiger partial charge in [-0.1, -0.05) is 17.7 Å². The molecule has 1 saturated heterocycles. The van der Waals surface area contributed by atoms with E-state index in [1.54, 1.807) is 18.3 Å². The van der Waals surface area contributed by atoms with Crippen molar-refractivity contribution >= 4 is 27.6 Å². The maximum Gasteiger partial charge on any atom is 0.337 e. The maximum absolute atomic E-state index is 15.2. The number of methoxy groups -OCH3 is 1. The number of carbonyl (C=O) groups is 1. The molecule has 2 aliphatic rings. The Morgan fingerprint density at radius 2 is 1.89 bits per heavy atom. The lowest BCUT2D eigenvalue weighted by molar-refractivity contribution is 0.0342. The summed E-state index contributed by atoms with van der Waals surface area (Å²) in [6.07, 6.45) is 3.50. The summed E-state index contributed by atoms with van der Waals surface area (Å²) in [6, 6.07) is 12.6. The highest BCUT2D eigenvalue weighted by molar-refractivity contribution is 7.89. The molecule has 1 aromatic heterocycles. The second kappa shape index (κ2) is 12.8. The molecule has 4 bridgehead atoms. The lowest BCUT2D eigenvalue weighted by Crippen LogP contribution is -2.36. The number of morpholine rings is 1. The van der Waals surface area contributed by atoms with Crippen molar-refractivity contribution in [3.63, 3.8) is 0 Å². The molecule has 0 atom stereocenters. The van der Waals surface area contributed by atoms with Gasteiger partial charge in [-0.05, 0) is 53.6 Å². The van der Waals surface area contributed by atoms with E-state index in [0.29, 0.717) is 48.7 Å². The third-order valence-corrected chi connectivity index (χ3v) is 9.89. The lowest BCUT2D eigenvalue weighted by atomic mass is 10.1. The topological polar surface area (TPSA) is 123 Å². The standard InChI is InChI=1S/C31H30ClFN4O7S/c1-42-27-3-2-22-15-28(27)44-11-8-36(45(40,41)29-16-24(31(38)39)25(32)17-26(29)33)19-21-12-20(18-35-6-9-43-10-7-35)13-23(14-21)37-5-4-34-30(22)37/h2-5,12-17H,6-11,18-19H2,1H3,(H,38,39). The second-order valence-electron chi connectivity index (χ2n) is 10.6. The molecule has 3 heterocycles. The predicted octanol–water partition coefficient (Wildman–Crippen LogP) is 4.45. The first-order chi connectivity index (χ1) is 21.6. The van der Waals surface area contributed by atoms with Crippen LogP contribution in [0.5, 0.6) is 11.5 Å². The number of hydrogen-bond acceptors (Lipinski definition) is 8. The Balaban J connectivity index is 1.49. The van der Waals surface area contributed by atoms with Crippen LogP contribution in [0.15, 0.2) is 65.8 Å². The zero-order valence-electron chi connectivity index (χ0n) is 24.3. The quantitative estimate of drug-likeness (QED) is 0.321. The van der Waals surface area contributed by atoms with Crippen LogP contribution in [0.2, 0.25) is 5.02 Å². The first-order valence-electron chi connectivity index (χ1n) is 14.1. The molecule has 0 unspecified atom stereocenters. The number of carboxylic acids is 1. The van der Waals surface area contributed by atoms with Gasteiger partial charge in [0.2, 0.25) is 10.0 Å². The van der Waals surface area contributed by atoms with Crippen molar-refractivity contribution in [3.05, 3.63) is 88.5 Å². The third-order valence-electron chi connectivity index (χ3n) is 7.71. The number of benzene rings is 3. The summed E-state index contributed by atoms with van der Waals surface area (Å²) in [4.78, 5) is 17.8. The van der Waals surface area contributed by atoms with Crippen molar-refractivity contribution in [2.24, 2.45) is 0 Å². The summed E-state index contributed by atoms with van der Waals surface area (Å²) in [7, 11) is -3.09. The Hall–Kier alpha value is -4.01. The van der Waals surface area contributed by atoms with Gasteiger partial charge in [-0.15, -0.1) is 0 Å². The number of aromatic carboxylic acids is 1. The van der Waals surface area contributed by atoms with E-state index in [1.807, 2.05) is 35.0 Å². The first kappa shape index (κ1) is 31.0. The first-order valence-corrected chi connectivity index (χ1v) is 16.0. The molecule has 0 radical (unpaired) electrons. The molecule has 0 saturated carbocycles. The fraction of sp³-hybridized carbons (Fsp3) is 0.290. The van der Waals surface area contributed by atoms with Gasteiger partial charge in [0.25, 0.3) is 0 Å². The van der Waals surface area contributed by atoms with E-state index in [1.165, 1.54) is 7.11 Å². The van der Waals surface area contributed by atoms with Gasteiger partial charge in [0, 0.05) is 56.4 Å². The monoisotopic (exact) mass is 656 g/mol. The number of hydrogen-bond donors (Lipinski definition) is 1. The van der Waals surface area contributed by atoms with Crippen LogP contribution < -0.4 is 9.47 Å². The van der Waals surface area contributed by atoms with Crippen LogP contribution in [0.3, 0.4) is 0 Å². The van der Waals surface area contributed by atoms with Crippen LogP contribution in [0, 0.1) is 5.82 Å². The van der Waals surface area contributed by atoms with Gasteiger partial charge < -0.3 is 19.3 Å². The highest BCUT2D eigenvalue weighted by Gasteiger charge is 2.31. The van der Waals surface area contributed by atoms with Crippen LogP contribution in [-0.4, -0.2) is 84.8 Å². The van der Waals surface area contributed by atoms with Crippen molar-refractivity contribution in [1.82, 2.24) is 18.8 Å². The maximum atomic E-state index is 15.2. The molecular formula is C31H30ClFN4O7S. The number of carboxylic acid groups (broad SMARTS) is 1. The summed E-state index contributed by atoms with van der Waals surface area (Å²) in [5, 5.41) is 9.15. The van der Waals surface area contributed by atoms with Crippen LogP contribution >= 0.6 is 11.6 Å². The molecule has 236 valence electrons. The van der Waals surface area contributed by atoms with E-state index in [2.05, 4.69) is 9.88 Å². The molecule has 1 fully saturated rings. The molecule has 11 nitrogen and oxygen atoms in total. The molecule has 0 spiro atoms. The minimum atomic E-state index is -4.59. The van der Waals surface area contributed by atoms with Crippen molar-refractivity contribution in [3.8, 4) is 28.6 Å². The van der Waals surface area contributed by atoms with E-state index in [9.17, 15) is 18.3 Å². The molecule has 3 aromatic carbocycles. The molecule has 45 heavy (non-hydrogen) atoms. The number of aromatic nitrogens is 2. The Kier molecular flexibility index (Phi) is 8.80. The SMILES string of the molecule is COc1ccc2cc1OCCN(S(=O)(=O)c1cc(C(=O)O)c(Cl)cc1F)Cc1cc(CN3CCOCC3)cc(c1)-n1ccnc1-2. The fourth-order valence-corrected chi connectivity index (χ4v) is 7.23. The van der Waals surface area contributed by atoms with E-state index < -0.39 is 37.3 Å². The van der Waals surface area contributed by atoms with Gasteiger partial charge in [-0.25, -0.2) is 22.6 Å². The minimum Gasteiger partial charge on any atom is -0.493 e. The number of fused-ring (bicyclic) bond motifs is 7. The summed E-state index contributed by atoms with van der Waals surface area (Å²) in [5.41, 5.74) is 2.56. The minimum absolute atomic E-state index is 0.116. The molecule has 4 aromatic rings. The van der Waals surface area contributed by atoms with Crippen molar-refractivity contribution in [2.45, 2.75) is 18.0 Å². The number of halogens is 2. The summed E-state index contributed by atoms with van der Waals surface area (Å²) >= 11 is 5.92. The van der Waals surface area contributed by atoms with Crippen molar-refractivity contribution in [2.75, 3.05) is 46.6 Å².